The number of rotatable bonds is 5. The van der Waals surface area contributed by atoms with E-state index in [0.717, 1.165) is 12.2 Å². The monoisotopic (exact) mass is 244 g/mol. The van der Waals surface area contributed by atoms with Gasteiger partial charge in [0, 0.05) is 5.75 Å². The quantitative estimate of drug-likeness (QED) is 0.474. The van der Waals surface area contributed by atoms with Crippen LogP contribution in [0.5, 0.6) is 0 Å². The van der Waals surface area contributed by atoms with Gasteiger partial charge in [0.15, 0.2) is 16.1 Å². The van der Waals surface area contributed by atoms with Crippen molar-refractivity contribution in [3.8, 4) is 0 Å². The summed E-state index contributed by atoms with van der Waals surface area (Å²) in [6.07, 6.45) is 2.56. The second-order valence-electron chi connectivity index (χ2n) is 2.76. The average Bonchev–Trinajstić information content (AvgIpc) is 2.22. The summed E-state index contributed by atoms with van der Waals surface area (Å²) in [5.41, 5.74) is 6.03. The number of nitrogens with one attached hydrogen (secondary N) is 1. The van der Waals surface area contributed by atoms with E-state index in [1.54, 1.807) is 11.8 Å². The molecule has 0 aliphatic rings. The Labute approximate surface area is 98.3 Å². The van der Waals surface area contributed by atoms with Crippen molar-refractivity contribution in [2.24, 2.45) is 0 Å². The van der Waals surface area contributed by atoms with Gasteiger partial charge in [0.05, 0.1) is 0 Å². The van der Waals surface area contributed by atoms with E-state index >= 15 is 0 Å². The molecule has 0 radical (unpaired) electrons. The third kappa shape index (κ3) is 3.28. The van der Waals surface area contributed by atoms with Gasteiger partial charge in [0.25, 0.3) is 0 Å². The van der Waals surface area contributed by atoms with E-state index in [0.29, 0.717) is 16.7 Å². The van der Waals surface area contributed by atoms with Crippen molar-refractivity contribution in [1.82, 2.24) is 9.97 Å². The molecule has 0 saturated carbocycles. The zero-order valence-corrected chi connectivity index (χ0v) is 10.0. The van der Waals surface area contributed by atoms with Gasteiger partial charge in [-0.05, 0) is 12.6 Å². The van der Waals surface area contributed by atoms with Crippen molar-refractivity contribution in [2.45, 2.75) is 18.5 Å². The number of aromatic nitrogens is 2. The van der Waals surface area contributed by atoms with Crippen molar-refractivity contribution in [2.75, 3.05) is 16.8 Å². The molecule has 0 aliphatic heterocycles. The lowest BCUT2D eigenvalue weighted by Gasteiger charge is -2.07. The highest BCUT2D eigenvalue weighted by Gasteiger charge is 2.09. The third-order valence-corrected chi connectivity index (χ3v) is 2.89. The van der Waals surface area contributed by atoms with Gasteiger partial charge in [0.1, 0.15) is 5.69 Å². The summed E-state index contributed by atoms with van der Waals surface area (Å²) < 4.78 is 0. The van der Waals surface area contributed by atoms with Crippen molar-refractivity contribution >= 4 is 34.9 Å². The van der Waals surface area contributed by atoms with Crippen molar-refractivity contribution < 1.29 is 0 Å². The van der Waals surface area contributed by atoms with Crippen LogP contribution < -0.4 is 11.1 Å². The zero-order valence-electron chi connectivity index (χ0n) is 8.46. The highest BCUT2D eigenvalue weighted by molar-refractivity contribution is 7.99. The maximum absolute atomic E-state index is 5.87. The van der Waals surface area contributed by atoms with E-state index in [-0.39, 0.29) is 5.15 Å². The lowest BCUT2D eigenvalue weighted by Crippen LogP contribution is -2.02. The van der Waals surface area contributed by atoms with Crippen LogP contribution in [0.25, 0.3) is 0 Å². The number of nitrogens with two attached hydrogens (primary N) is 1. The molecule has 0 bridgehead atoms. The first-order valence-electron chi connectivity index (χ1n) is 4.52. The van der Waals surface area contributed by atoms with Gasteiger partial charge in [-0.1, -0.05) is 36.9 Å². The second-order valence-corrected chi connectivity index (χ2v) is 4.18. The predicted octanol–water partition coefficient (Wildman–Crippen LogP) is 2.77. The topological polar surface area (TPSA) is 63.8 Å². The standard InChI is InChI=1S/C9H13ClN4S/c1-3-5-15-9-13-7(10)6(11)8(14-9)12-4-2/h4H,2-3,5,11H2,1H3,(H,12,13,14). The summed E-state index contributed by atoms with van der Waals surface area (Å²) in [4.78, 5) is 8.29. The molecule has 1 aromatic rings. The number of halogens is 1. The first-order valence-corrected chi connectivity index (χ1v) is 5.88. The largest absolute Gasteiger partial charge is 0.393 e. The first-order chi connectivity index (χ1) is 7.19. The van der Waals surface area contributed by atoms with Crippen LogP contribution in [0.1, 0.15) is 13.3 Å². The number of hydrogen-bond donors (Lipinski definition) is 2. The van der Waals surface area contributed by atoms with E-state index in [1.807, 2.05) is 0 Å². The minimum absolute atomic E-state index is 0.271. The van der Waals surface area contributed by atoms with Crippen LogP contribution in [0.3, 0.4) is 0 Å². The minimum atomic E-state index is 0.271. The number of anilines is 2. The first kappa shape index (κ1) is 12.1. The predicted molar refractivity (Wildman–Crippen MR) is 66.3 cm³/mol. The van der Waals surface area contributed by atoms with E-state index in [1.165, 1.54) is 6.20 Å². The van der Waals surface area contributed by atoms with Crippen LogP contribution in [0.2, 0.25) is 5.15 Å². The van der Waals surface area contributed by atoms with E-state index in [9.17, 15) is 0 Å². The molecule has 0 saturated heterocycles. The summed E-state index contributed by atoms with van der Waals surface area (Å²) in [6.45, 7) is 5.63. The van der Waals surface area contributed by atoms with Crippen LogP contribution in [0, 0.1) is 0 Å². The summed E-state index contributed by atoms with van der Waals surface area (Å²) in [5, 5.41) is 3.72. The molecule has 0 aliphatic carbocycles. The molecule has 15 heavy (non-hydrogen) atoms. The SMILES string of the molecule is C=CNc1nc(SCCC)nc(Cl)c1N. The Kier molecular flexibility index (Phi) is 4.71. The molecule has 1 rings (SSSR count). The summed E-state index contributed by atoms with van der Waals surface area (Å²) >= 11 is 7.42. The van der Waals surface area contributed by atoms with Gasteiger partial charge in [-0.25, -0.2) is 9.97 Å². The molecule has 1 heterocycles. The maximum Gasteiger partial charge on any atom is 0.191 e. The Bertz CT molecular complexity index is 356. The van der Waals surface area contributed by atoms with Crippen molar-refractivity contribution in [3.63, 3.8) is 0 Å². The lowest BCUT2D eigenvalue weighted by atomic mass is 10.5. The van der Waals surface area contributed by atoms with Gasteiger partial charge < -0.3 is 11.1 Å². The molecule has 82 valence electrons. The summed E-state index contributed by atoms with van der Waals surface area (Å²) in [7, 11) is 0. The van der Waals surface area contributed by atoms with Crippen LogP contribution in [-0.4, -0.2) is 15.7 Å². The minimum Gasteiger partial charge on any atom is -0.393 e. The molecule has 0 fully saturated rings. The van der Waals surface area contributed by atoms with E-state index < -0.39 is 0 Å². The highest BCUT2D eigenvalue weighted by Crippen LogP contribution is 2.27. The fraction of sp³-hybridized carbons (Fsp3) is 0.333. The average molecular weight is 245 g/mol. The van der Waals surface area contributed by atoms with Gasteiger partial charge >= 0.3 is 0 Å². The molecule has 0 spiro atoms. The Morgan fingerprint density at radius 1 is 1.60 bits per heavy atom. The molecule has 0 amide bonds. The molecule has 3 N–H and O–H groups in total. The smallest absolute Gasteiger partial charge is 0.191 e. The van der Waals surface area contributed by atoms with Gasteiger partial charge in [-0.2, -0.15) is 0 Å². The van der Waals surface area contributed by atoms with Gasteiger partial charge in [0.2, 0.25) is 0 Å². The van der Waals surface area contributed by atoms with Gasteiger partial charge in [-0.15, -0.1) is 0 Å². The van der Waals surface area contributed by atoms with Crippen molar-refractivity contribution in [3.05, 3.63) is 17.9 Å². The number of thioether (sulfide) groups is 1. The van der Waals surface area contributed by atoms with Crippen LogP contribution in [-0.2, 0) is 0 Å². The Hall–Kier alpha value is -0.940. The lowest BCUT2D eigenvalue weighted by molar-refractivity contribution is 0.970. The number of nitrogen functional groups attached to an aromatic ring is 1. The third-order valence-electron chi connectivity index (χ3n) is 1.55. The Morgan fingerprint density at radius 2 is 2.33 bits per heavy atom. The molecule has 0 aromatic carbocycles. The van der Waals surface area contributed by atoms with Gasteiger partial charge in [-0.3, -0.25) is 0 Å². The number of hydrogen-bond acceptors (Lipinski definition) is 5. The number of nitrogens with zero attached hydrogens (tertiary/aromatic N) is 2. The van der Waals surface area contributed by atoms with Crippen molar-refractivity contribution in [1.29, 1.82) is 0 Å². The van der Waals surface area contributed by atoms with E-state index in [2.05, 4.69) is 28.8 Å². The Morgan fingerprint density at radius 3 is 2.93 bits per heavy atom. The van der Waals surface area contributed by atoms with Crippen LogP contribution in [0.15, 0.2) is 17.9 Å². The molecule has 4 nitrogen and oxygen atoms in total. The summed E-state index contributed by atoms with van der Waals surface area (Å²) in [6, 6.07) is 0. The zero-order chi connectivity index (χ0) is 11.3. The molecular formula is C9H13ClN4S. The fourth-order valence-corrected chi connectivity index (χ4v) is 1.81. The van der Waals surface area contributed by atoms with E-state index in [4.69, 9.17) is 17.3 Å². The maximum atomic E-state index is 5.87. The fourth-order valence-electron chi connectivity index (χ4n) is 0.887. The molecule has 0 unspecified atom stereocenters. The highest BCUT2D eigenvalue weighted by atomic mass is 35.5. The molecular weight excluding hydrogens is 232 g/mol. The summed E-state index contributed by atoms with van der Waals surface area (Å²) in [5.74, 6) is 1.46. The Balaban J connectivity index is 2.94. The van der Waals surface area contributed by atoms with Crippen LogP contribution in [0.4, 0.5) is 11.5 Å². The second kappa shape index (κ2) is 5.82. The molecule has 6 heteroatoms. The molecule has 0 atom stereocenters. The molecule has 1 aromatic heterocycles. The van der Waals surface area contributed by atoms with Crippen LogP contribution >= 0.6 is 23.4 Å². The normalized spacial score (nSPS) is 10.0.